The zero-order valence-electron chi connectivity index (χ0n) is 11.1. The molecule has 0 amide bonds. The summed E-state index contributed by atoms with van der Waals surface area (Å²) in [6, 6.07) is 0. The van der Waals surface area contributed by atoms with Crippen LogP contribution in [0.25, 0.3) is 0 Å². The van der Waals surface area contributed by atoms with Crippen molar-refractivity contribution in [2.24, 2.45) is 5.73 Å². The van der Waals surface area contributed by atoms with Gasteiger partial charge in [0, 0.05) is 24.5 Å². The van der Waals surface area contributed by atoms with Crippen LogP contribution < -0.4 is 10.6 Å². The second kappa shape index (κ2) is 4.79. The van der Waals surface area contributed by atoms with Crippen molar-refractivity contribution in [3.05, 3.63) is 10.6 Å². The number of rotatable bonds is 3. The van der Waals surface area contributed by atoms with E-state index in [2.05, 4.69) is 18.7 Å². The molecule has 0 aromatic carbocycles. The molecular formula is C13H21N3OS. The molecule has 1 aromatic rings. The molecule has 5 heteroatoms. The first-order chi connectivity index (χ1) is 8.67. The average Bonchev–Trinajstić information content (AvgIpc) is 2.93. The summed E-state index contributed by atoms with van der Waals surface area (Å²) in [5, 5.41) is 1.14. The molecule has 2 atom stereocenters. The topological polar surface area (TPSA) is 51.4 Å². The molecule has 4 nitrogen and oxygen atoms in total. The quantitative estimate of drug-likeness (QED) is 0.911. The molecular weight excluding hydrogens is 246 g/mol. The van der Waals surface area contributed by atoms with E-state index in [9.17, 15) is 0 Å². The van der Waals surface area contributed by atoms with E-state index in [4.69, 9.17) is 15.5 Å². The molecule has 100 valence electrons. The summed E-state index contributed by atoms with van der Waals surface area (Å²) in [5.41, 5.74) is 7.00. The van der Waals surface area contributed by atoms with E-state index in [1.165, 1.54) is 23.4 Å². The smallest absolute Gasteiger partial charge is 0.186 e. The lowest BCUT2D eigenvalue weighted by molar-refractivity contribution is 0.0305. The average molecular weight is 267 g/mol. The van der Waals surface area contributed by atoms with Crippen LogP contribution in [0.3, 0.4) is 0 Å². The molecule has 1 aromatic heterocycles. The summed E-state index contributed by atoms with van der Waals surface area (Å²) in [6.45, 7) is 6.95. The molecule has 2 bridgehead atoms. The molecule has 2 aliphatic heterocycles. The number of aromatic nitrogens is 1. The van der Waals surface area contributed by atoms with E-state index in [-0.39, 0.29) is 0 Å². The van der Waals surface area contributed by atoms with Crippen LogP contribution in [0.2, 0.25) is 0 Å². The normalized spacial score (nSPS) is 27.2. The maximum atomic E-state index is 5.87. The highest BCUT2D eigenvalue weighted by Gasteiger charge is 2.35. The Bertz CT molecular complexity index is 420. The molecule has 3 heterocycles. The van der Waals surface area contributed by atoms with Crippen LogP contribution in [0, 0.1) is 0 Å². The van der Waals surface area contributed by atoms with Crippen LogP contribution in [0.15, 0.2) is 0 Å². The molecule has 2 saturated heterocycles. The van der Waals surface area contributed by atoms with Gasteiger partial charge in [-0.2, -0.15) is 0 Å². The lowest BCUT2D eigenvalue weighted by Crippen LogP contribution is -2.42. The first kappa shape index (κ1) is 12.4. The van der Waals surface area contributed by atoms with Gasteiger partial charge in [-0.05, 0) is 18.8 Å². The van der Waals surface area contributed by atoms with Crippen LogP contribution >= 0.6 is 11.3 Å². The number of thiazole rings is 1. The van der Waals surface area contributed by atoms with Crippen LogP contribution in [-0.4, -0.2) is 30.3 Å². The van der Waals surface area contributed by atoms with Crippen molar-refractivity contribution < 1.29 is 4.74 Å². The fourth-order valence-electron chi connectivity index (χ4n) is 2.85. The van der Waals surface area contributed by atoms with Gasteiger partial charge in [0.05, 0.1) is 17.9 Å². The minimum Gasteiger partial charge on any atom is -0.371 e. The van der Waals surface area contributed by atoms with E-state index in [0.29, 0.717) is 24.7 Å². The molecule has 2 aliphatic rings. The molecule has 2 unspecified atom stereocenters. The minimum absolute atomic E-state index is 0.413. The highest BCUT2D eigenvalue weighted by atomic mass is 32.1. The summed E-state index contributed by atoms with van der Waals surface area (Å²) >= 11 is 1.76. The van der Waals surface area contributed by atoms with Gasteiger partial charge in [0.2, 0.25) is 0 Å². The van der Waals surface area contributed by atoms with Crippen molar-refractivity contribution in [2.45, 2.75) is 51.4 Å². The molecule has 0 aliphatic carbocycles. The van der Waals surface area contributed by atoms with Gasteiger partial charge in [-0.15, -0.1) is 11.3 Å². The number of morpholine rings is 1. The van der Waals surface area contributed by atoms with Gasteiger partial charge in [-0.1, -0.05) is 13.8 Å². The molecule has 3 rings (SSSR count). The van der Waals surface area contributed by atoms with E-state index < -0.39 is 0 Å². The van der Waals surface area contributed by atoms with Crippen LogP contribution in [0.1, 0.15) is 43.2 Å². The van der Waals surface area contributed by atoms with Gasteiger partial charge in [0.15, 0.2) is 5.13 Å². The summed E-state index contributed by atoms with van der Waals surface area (Å²) in [7, 11) is 0. The third kappa shape index (κ3) is 2.15. The fraction of sp³-hybridized carbons (Fsp3) is 0.769. The van der Waals surface area contributed by atoms with E-state index >= 15 is 0 Å². The van der Waals surface area contributed by atoms with Gasteiger partial charge in [0.25, 0.3) is 0 Å². The zero-order chi connectivity index (χ0) is 12.7. The first-order valence-corrected chi connectivity index (χ1v) is 7.59. The predicted octanol–water partition coefficient (Wildman–Crippen LogP) is 2.09. The summed E-state index contributed by atoms with van der Waals surface area (Å²) in [4.78, 5) is 8.44. The van der Waals surface area contributed by atoms with E-state index in [1.807, 2.05) is 0 Å². The number of hydrogen-bond donors (Lipinski definition) is 1. The Morgan fingerprint density at radius 1 is 1.39 bits per heavy atom. The summed E-state index contributed by atoms with van der Waals surface area (Å²) in [5.74, 6) is 0.450. The molecule has 0 saturated carbocycles. The van der Waals surface area contributed by atoms with E-state index in [1.54, 1.807) is 11.3 Å². The van der Waals surface area contributed by atoms with Crippen LogP contribution in [0.5, 0.6) is 0 Å². The molecule has 0 spiro atoms. The Hall–Kier alpha value is -0.650. The number of anilines is 1. The molecule has 2 N–H and O–H groups in total. The lowest BCUT2D eigenvalue weighted by atomic mass is 10.1. The van der Waals surface area contributed by atoms with Crippen molar-refractivity contribution in [3.63, 3.8) is 0 Å². The Kier molecular flexibility index (Phi) is 3.30. The monoisotopic (exact) mass is 267 g/mol. The van der Waals surface area contributed by atoms with Gasteiger partial charge in [-0.25, -0.2) is 4.98 Å². The van der Waals surface area contributed by atoms with Gasteiger partial charge < -0.3 is 15.4 Å². The van der Waals surface area contributed by atoms with E-state index in [0.717, 1.165) is 18.2 Å². The van der Waals surface area contributed by atoms with Crippen molar-refractivity contribution >= 4 is 16.5 Å². The zero-order valence-corrected chi connectivity index (χ0v) is 11.9. The number of fused-ring (bicyclic) bond motifs is 2. The second-order valence-electron chi connectivity index (χ2n) is 5.53. The fourth-order valence-corrected chi connectivity index (χ4v) is 3.97. The Morgan fingerprint density at radius 2 is 2.06 bits per heavy atom. The number of nitrogens with two attached hydrogens (primary N) is 1. The van der Waals surface area contributed by atoms with Gasteiger partial charge in [0.1, 0.15) is 0 Å². The van der Waals surface area contributed by atoms with Crippen molar-refractivity contribution in [1.82, 2.24) is 4.98 Å². The molecule has 0 radical (unpaired) electrons. The van der Waals surface area contributed by atoms with Gasteiger partial charge in [-0.3, -0.25) is 0 Å². The molecule has 2 fully saturated rings. The maximum absolute atomic E-state index is 5.87. The summed E-state index contributed by atoms with van der Waals surface area (Å²) < 4.78 is 5.87. The number of hydrogen-bond acceptors (Lipinski definition) is 5. The van der Waals surface area contributed by atoms with Gasteiger partial charge >= 0.3 is 0 Å². The van der Waals surface area contributed by atoms with Crippen LogP contribution in [0.4, 0.5) is 5.13 Å². The number of ether oxygens (including phenoxy) is 1. The third-order valence-electron chi connectivity index (χ3n) is 3.76. The summed E-state index contributed by atoms with van der Waals surface area (Å²) in [6.07, 6.45) is 3.23. The largest absolute Gasteiger partial charge is 0.371 e. The van der Waals surface area contributed by atoms with Crippen molar-refractivity contribution in [2.75, 3.05) is 18.0 Å². The Morgan fingerprint density at radius 3 is 2.56 bits per heavy atom. The van der Waals surface area contributed by atoms with Crippen LogP contribution in [-0.2, 0) is 11.3 Å². The Labute approximate surface area is 112 Å². The van der Waals surface area contributed by atoms with Crippen molar-refractivity contribution in [3.8, 4) is 0 Å². The Balaban J connectivity index is 1.84. The highest BCUT2D eigenvalue weighted by molar-refractivity contribution is 7.15. The number of nitrogens with zero attached hydrogens (tertiary/aromatic N) is 2. The van der Waals surface area contributed by atoms with Crippen molar-refractivity contribution in [1.29, 1.82) is 0 Å². The lowest BCUT2D eigenvalue weighted by Gasteiger charge is -2.31. The SMILES string of the molecule is CC(C)c1nc(N2CC3CCC(C2)O3)sc1CN. The third-order valence-corrected chi connectivity index (χ3v) is 4.92. The first-order valence-electron chi connectivity index (χ1n) is 6.77. The minimum atomic E-state index is 0.413. The molecule has 18 heavy (non-hydrogen) atoms. The predicted molar refractivity (Wildman–Crippen MR) is 74.2 cm³/mol. The maximum Gasteiger partial charge on any atom is 0.186 e. The highest BCUT2D eigenvalue weighted by Crippen LogP contribution is 2.34. The second-order valence-corrected chi connectivity index (χ2v) is 6.59. The standard InChI is InChI=1S/C13H21N3OS/c1-8(2)12-11(5-14)18-13(15-12)16-6-9-3-4-10(7-16)17-9/h8-10H,3-7,14H2,1-2H3.